The van der Waals surface area contributed by atoms with Gasteiger partial charge in [-0.3, -0.25) is 4.79 Å². The third kappa shape index (κ3) is 3.69. The minimum Gasteiger partial charge on any atom is -0.369 e. The molecule has 0 radical (unpaired) electrons. The molecular weight excluding hydrogens is 256 g/mol. The summed E-state index contributed by atoms with van der Waals surface area (Å²) in [5.41, 5.74) is 5.31. The van der Waals surface area contributed by atoms with Crippen LogP contribution in [0.15, 0.2) is 12.1 Å². The molecule has 0 aromatic carbocycles. The van der Waals surface area contributed by atoms with Gasteiger partial charge in [0.15, 0.2) is 0 Å². The fraction of sp³-hybridized carbons (Fsp3) is 0.583. The number of amides is 1. The van der Waals surface area contributed by atoms with Gasteiger partial charge >= 0.3 is 0 Å². The Labute approximate surface area is 110 Å². The van der Waals surface area contributed by atoms with E-state index < -0.39 is 0 Å². The molecule has 1 saturated carbocycles. The van der Waals surface area contributed by atoms with E-state index in [9.17, 15) is 4.79 Å². The van der Waals surface area contributed by atoms with Crippen LogP contribution in [0.25, 0.3) is 0 Å². The lowest BCUT2D eigenvalue weighted by atomic mass is 9.85. The number of nitrogens with two attached hydrogens (primary N) is 1. The number of hydrogen-bond donors (Lipinski definition) is 2. The minimum atomic E-state index is -0.145. The molecule has 0 unspecified atom stereocenters. The van der Waals surface area contributed by atoms with Crippen LogP contribution in [0, 0.1) is 5.92 Å². The van der Waals surface area contributed by atoms with E-state index in [2.05, 4.69) is 11.4 Å². The van der Waals surface area contributed by atoms with E-state index in [-0.39, 0.29) is 11.8 Å². The van der Waals surface area contributed by atoms with Crippen molar-refractivity contribution in [2.24, 2.45) is 11.7 Å². The highest BCUT2D eigenvalue weighted by Crippen LogP contribution is 2.25. The van der Waals surface area contributed by atoms with Crippen LogP contribution >= 0.6 is 22.9 Å². The summed E-state index contributed by atoms with van der Waals surface area (Å²) in [7, 11) is 0. The molecule has 5 heteroatoms. The fourth-order valence-corrected chi connectivity index (χ4v) is 3.31. The minimum absolute atomic E-state index is 0.0873. The lowest BCUT2D eigenvalue weighted by Gasteiger charge is -2.27. The van der Waals surface area contributed by atoms with Gasteiger partial charge in [-0.1, -0.05) is 11.6 Å². The summed E-state index contributed by atoms with van der Waals surface area (Å²) < 4.78 is 0.833. The van der Waals surface area contributed by atoms with Gasteiger partial charge < -0.3 is 11.1 Å². The number of nitrogens with one attached hydrogen (secondary N) is 1. The van der Waals surface area contributed by atoms with Crippen LogP contribution in [0.2, 0.25) is 4.34 Å². The summed E-state index contributed by atoms with van der Waals surface area (Å²) in [4.78, 5) is 12.3. The molecule has 0 spiro atoms. The second-order valence-electron chi connectivity index (χ2n) is 4.54. The van der Waals surface area contributed by atoms with Gasteiger partial charge in [-0.2, -0.15) is 0 Å². The molecule has 2 rings (SSSR count). The molecule has 3 nitrogen and oxygen atoms in total. The maximum Gasteiger partial charge on any atom is 0.220 e. The summed E-state index contributed by atoms with van der Waals surface area (Å²) in [6.07, 6.45) is 3.90. The lowest BCUT2D eigenvalue weighted by Crippen LogP contribution is -2.36. The lowest BCUT2D eigenvalue weighted by molar-refractivity contribution is -0.122. The Balaban J connectivity index is 1.73. The SMILES string of the molecule is NC(=O)C1CCC(NCc2ccc(Cl)s2)CC1. The van der Waals surface area contributed by atoms with E-state index in [1.807, 2.05) is 6.07 Å². The molecule has 0 bridgehead atoms. The summed E-state index contributed by atoms with van der Waals surface area (Å²) in [6, 6.07) is 4.48. The van der Waals surface area contributed by atoms with Crippen molar-refractivity contribution < 1.29 is 4.79 Å². The molecule has 3 N–H and O–H groups in total. The third-order valence-corrected chi connectivity index (χ3v) is 4.55. The molecule has 17 heavy (non-hydrogen) atoms. The van der Waals surface area contributed by atoms with Crippen LogP contribution < -0.4 is 11.1 Å². The molecule has 0 atom stereocenters. The number of halogens is 1. The topological polar surface area (TPSA) is 55.1 Å². The number of carbonyl (C=O) groups excluding carboxylic acids is 1. The largest absolute Gasteiger partial charge is 0.369 e. The van der Waals surface area contributed by atoms with Crippen molar-refractivity contribution in [3.05, 3.63) is 21.3 Å². The molecule has 94 valence electrons. The highest BCUT2D eigenvalue weighted by Gasteiger charge is 2.24. The van der Waals surface area contributed by atoms with Crippen molar-refractivity contribution in [1.29, 1.82) is 0 Å². The Bertz CT molecular complexity index is 386. The van der Waals surface area contributed by atoms with Crippen molar-refractivity contribution in [2.75, 3.05) is 0 Å². The van der Waals surface area contributed by atoms with E-state index in [4.69, 9.17) is 17.3 Å². The molecule has 0 aliphatic heterocycles. The average molecular weight is 273 g/mol. The molecule has 1 aromatic heterocycles. The molecule has 1 aliphatic rings. The van der Waals surface area contributed by atoms with Crippen molar-refractivity contribution in [3.8, 4) is 0 Å². The average Bonchev–Trinajstić information content (AvgIpc) is 2.73. The van der Waals surface area contributed by atoms with Crippen molar-refractivity contribution >= 4 is 28.8 Å². The molecule has 1 aliphatic carbocycles. The second kappa shape index (κ2) is 5.85. The summed E-state index contributed by atoms with van der Waals surface area (Å²) in [5.74, 6) is -0.0577. The van der Waals surface area contributed by atoms with Gasteiger partial charge in [-0.25, -0.2) is 0 Å². The smallest absolute Gasteiger partial charge is 0.220 e. The Morgan fingerprint density at radius 3 is 2.65 bits per heavy atom. The van der Waals surface area contributed by atoms with Crippen LogP contribution in [-0.2, 0) is 11.3 Å². The first kappa shape index (κ1) is 12.9. The maximum absolute atomic E-state index is 11.0. The monoisotopic (exact) mass is 272 g/mol. The van der Waals surface area contributed by atoms with Gasteiger partial charge in [0.2, 0.25) is 5.91 Å². The van der Waals surface area contributed by atoms with Gasteiger partial charge in [-0.05, 0) is 37.8 Å². The first-order valence-corrected chi connectivity index (χ1v) is 7.11. The normalized spacial score (nSPS) is 24.8. The number of primary amides is 1. The van der Waals surface area contributed by atoms with E-state index >= 15 is 0 Å². The molecular formula is C12H17ClN2OS. The van der Waals surface area contributed by atoms with Gasteiger partial charge in [0, 0.05) is 23.4 Å². The number of carbonyl (C=O) groups is 1. The number of hydrogen-bond acceptors (Lipinski definition) is 3. The van der Waals surface area contributed by atoms with E-state index in [0.717, 1.165) is 36.6 Å². The zero-order valence-electron chi connectivity index (χ0n) is 9.62. The summed E-state index contributed by atoms with van der Waals surface area (Å²) in [6.45, 7) is 0.864. The third-order valence-electron chi connectivity index (χ3n) is 3.32. The zero-order chi connectivity index (χ0) is 12.3. The standard InChI is InChI=1S/C12H17ClN2OS/c13-11-6-5-10(17-11)7-15-9-3-1-8(2-4-9)12(14)16/h5-6,8-9,15H,1-4,7H2,(H2,14,16). The Morgan fingerprint density at radius 2 is 2.12 bits per heavy atom. The first-order valence-electron chi connectivity index (χ1n) is 5.92. The molecule has 1 amide bonds. The van der Waals surface area contributed by atoms with Crippen LogP contribution in [-0.4, -0.2) is 11.9 Å². The second-order valence-corrected chi connectivity index (χ2v) is 6.34. The van der Waals surface area contributed by atoms with E-state index in [1.165, 1.54) is 4.88 Å². The molecule has 1 heterocycles. The van der Waals surface area contributed by atoms with Crippen LogP contribution in [0.3, 0.4) is 0 Å². The quantitative estimate of drug-likeness (QED) is 0.885. The summed E-state index contributed by atoms with van der Waals surface area (Å²) in [5, 5.41) is 3.51. The Kier molecular flexibility index (Phi) is 4.42. The number of rotatable bonds is 4. The van der Waals surface area contributed by atoms with Crippen LogP contribution in [0.5, 0.6) is 0 Å². The van der Waals surface area contributed by atoms with Gasteiger partial charge in [-0.15, -0.1) is 11.3 Å². The maximum atomic E-state index is 11.0. The van der Waals surface area contributed by atoms with Crippen molar-refractivity contribution in [1.82, 2.24) is 5.32 Å². The zero-order valence-corrected chi connectivity index (χ0v) is 11.2. The Morgan fingerprint density at radius 1 is 1.41 bits per heavy atom. The fourth-order valence-electron chi connectivity index (χ4n) is 2.27. The van der Waals surface area contributed by atoms with Gasteiger partial charge in [0.1, 0.15) is 0 Å². The predicted octanol–water partition coefficient (Wildman–Crippen LogP) is 2.54. The van der Waals surface area contributed by atoms with Crippen LogP contribution in [0.4, 0.5) is 0 Å². The summed E-state index contributed by atoms with van der Waals surface area (Å²) >= 11 is 7.49. The Hall–Kier alpha value is -0.580. The molecule has 1 aromatic rings. The van der Waals surface area contributed by atoms with Crippen LogP contribution in [0.1, 0.15) is 30.6 Å². The highest BCUT2D eigenvalue weighted by atomic mass is 35.5. The van der Waals surface area contributed by atoms with E-state index in [1.54, 1.807) is 11.3 Å². The predicted molar refractivity (Wildman–Crippen MR) is 71.1 cm³/mol. The van der Waals surface area contributed by atoms with Crippen molar-refractivity contribution in [3.63, 3.8) is 0 Å². The molecule has 1 fully saturated rings. The number of thiophene rings is 1. The first-order chi connectivity index (χ1) is 8.15. The van der Waals surface area contributed by atoms with Crippen molar-refractivity contribution in [2.45, 2.75) is 38.3 Å². The van der Waals surface area contributed by atoms with Gasteiger partial charge in [0.25, 0.3) is 0 Å². The van der Waals surface area contributed by atoms with Gasteiger partial charge in [0.05, 0.1) is 4.34 Å². The highest BCUT2D eigenvalue weighted by molar-refractivity contribution is 7.16. The molecule has 0 saturated heterocycles. The van der Waals surface area contributed by atoms with E-state index in [0.29, 0.717) is 6.04 Å².